The Morgan fingerprint density at radius 2 is 0.941 bits per heavy atom. The van der Waals surface area contributed by atoms with Crippen LogP contribution in [0.5, 0.6) is 0 Å². The Bertz CT molecular complexity index is 146. The summed E-state index contributed by atoms with van der Waals surface area (Å²) in [5, 5.41) is 16.3. The summed E-state index contributed by atoms with van der Waals surface area (Å²) < 4.78 is 32.7. The molecule has 0 saturated carbocycles. The summed E-state index contributed by atoms with van der Waals surface area (Å²) in [4.78, 5) is 18.0. The van der Waals surface area contributed by atoms with Crippen LogP contribution in [0, 0.1) is 10.2 Å². The number of hydrogen-bond donors (Lipinski definition) is 2. The monoisotopic (exact) mass is 328 g/mol. The number of nitrogens with two attached hydrogens (primary N) is 5. The largest absolute Gasteiger partial charge is 3.00 e. The van der Waals surface area contributed by atoms with Crippen LogP contribution in [0.1, 0.15) is 0 Å². The first-order valence-electron chi connectivity index (χ1n) is 1.72. The summed E-state index contributed by atoms with van der Waals surface area (Å²) in [7, 11) is -4.69. The molecule has 0 fully saturated rings. The van der Waals surface area contributed by atoms with E-state index in [-0.39, 0.29) is 47.5 Å². The van der Waals surface area contributed by atoms with Crippen LogP contribution in [0.15, 0.2) is 0 Å². The Morgan fingerprint density at radius 1 is 0.882 bits per heavy atom. The molecule has 0 amide bonds. The van der Waals surface area contributed by atoms with Gasteiger partial charge >= 0.3 is 22.7 Å². The summed E-state index contributed by atoms with van der Waals surface area (Å²) in [6, 6.07) is 0. The molecular weight excluding hydrogens is 316 g/mol. The minimum Gasteiger partial charge on any atom is -0.693 e. The van der Waals surface area contributed by atoms with Crippen LogP contribution in [0.25, 0.3) is 30.8 Å². The van der Waals surface area contributed by atoms with Crippen LogP contribution in [0.2, 0.25) is 0 Å². The number of hydrogen-bond acceptors (Lipinski definition) is 7. The number of carbonyl (C=O) groups excluding carboxylic acids is 1. The van der Waals surface area contributed by atoms with Crippen LogP contribution in [-0.4, -0.2) is 21.7 Å². The molecule has 0 radical (unpaired) electrons. The minimum atomic E-state index is -4.69. The fourth-order valence-electron chi connectivity index (χ4n) is 0. The molecule has 0 aliphatic heterocycles. The van der Waals surface area contributed by atoms with Gasteiger partial charge in [-0.15, -0.1) is 0 Å². The second kappa shape index (κ2) is 24.6. The van der Waals surface area contributed by atoms with Gasteiger partial charge in [-0.2, -0.15) is 14.0 Å². The molecule has 0 spiro atoms. The molecule has 0 aromatic carbocycles. The second-order valence-corrected chi connectivity index (χ2v) is 1.78. The summed E-state index contributed by atoms with van der Waals surface area (Å²) in [6.45, 7) is 0. The van der Waals surface area contributed by atoms with Gasteiger partial charge in [-0.3, -0.25) is 0 Å². The van der Waals surface area contributed by atoms with Gasteiger partial charge < -0.3 is 45.8 Å². The van der Waals surface area contributed by atoms with Crippen molar-refractivity contribution in [2.45, 2.75) is 0 Å². The van der Waals surface area contributed by atoms with Crippen molar-refractivity contribution in [3.63, 3.8) is 0 Å². The predicted octanol–water partition coefficient (Wildman–Crippen LogP) is -2.72. The van der Waals surface area contributed by atoms with E-state index in [1.54, 1.807) is 0 Å². The predicted molar refractivity (Wildman–Crippen MR) is 41.3 cm³/mol. The third-order valence-electron chi connectivity index (χ3n) is 0.175. The quantitative estimate of drug-likeness (QED) is 0.438. The number of aliphatic carboxylic acids is 2. The van der Waals surface area contributed by atoms with Gasteiger partial charge in [-0.1, -0.05) is 0 Å². The van der Waals surface area contributed by atoms with Gasteiger partial charge in [0.15, 0.2) is 5.97 Å². The molecule has 112 valence electrons. The number of rotatable bonds is 0. The summed E-state index contributed by atoms with van der Waals surface area (Å²) in [5.74, 6) is -4.01. The van der Waals surface area contributed by atoms with Crippen LogP contribution in [0.3, 0.4) is 0 Å². The van der Waals surface area contributed by atoms with Crippen LogP contribution in [-0.2, 0) is 26.4 Å². The molecule has 0 aliphatic rings. The van der Waals surface area contributed by atoms with E-state index in [1.165, 1.54) is 0 Å². The molecule has 0 atom stereocenters. The van der Waals surface area contributed by atoms with Crippen molar-refractivity contribution in [2.24, 2.45) is 0 Å². The van der Waals surface area contributed by atoms with E-state index in [0.717, 1.165) is 0 Å². The van der Waals surface area contributed by atoms with Gasteiger partial charge in [0.2, 0.25) is 0 Å². The van der Waals surface area contributed by atoms with Gasteiger partial charge in [0.05, 0.1) is 14.9 Å². The van der Waals surface area contributed by atoms with E-state index < -0.39 is 22.2 Å². The van der Waals surface area contributed by atoms with Gasteiger partial charge in [0.1, 0.15) is 0 Å². The number of carboxylic acid groups (broad SMARTS) is 2. The Hall–Kier alpha value is -0.624. The first-order chi connectivity index (χ1) is 4.64. The topological polar surface area (TPSA) is 334 Å². The van der Waals surface area contributed by atoms with Crippen molar-refractivity contribution in [2.75, 3.05) is 0 Å². The standard InChI is InChI=1S/C2H2O4.ClHO4.Co.5H2N/c3-1(4)2(5)6;2-1(3,4)5;;;;;;/h(H,3,4)(H,5,6);(H,2,3,4,5);;5*1H2/q;;+3;5*-1/p-1. The zero-order valence-corrected chi connectivity index (χ0v) is 9.74. The maximum Gasteiger partial charge on any atom is 3.00 e. The van der Waals surface area contributed by atoms with E-state index >= 15 is 0 Å². The summed E-state index contributed by atoms with van der Waals surface area (Å²) in [6.07, 6.45) is 0. The van der Waals surface area contributed by atoms with Crippen molar-refractivity contribution in [1.29, 1.82) is 0 Å². The van der Waals surface area contributed by atoms with Crippen LogP contribution < -0.4 is 19.1 Å². The zero-order valence-electron chi connectivity index (χ0n) is 7.94. The molecular formula is C2H12ClCoN5O8-3. The molecule has 17 heavy (non-hydrogen) atoms. The molecule has 0 unspecified atom stereocenters. The van der Waals surface area contributed by atoms with Crippen molar-refractivity contribution in [1.82, 2.24) is 0 Å². The van der Waals surface area contributed by atoms with Crippen LogP contribution >= 0.6 is 0 Å². The SMILES string of the molecule is O=C([O-])C(=O)O.[Co+3].[NH2-].[NH2-].[NH2-].[NH2-].[NH2-].[O-][Cl+3]([O-])([O-])O. The van der Waals surface area contributed by atoms with Crippen molar-refractivity contribution in [3.8, 4) is 0 Å². The van der Waals surface area contributed by atoms with Gasteiger partial charge in [0.25, 0.3) is 0 Å². The number of halogens is 1. The molecule has 13 nitrogen and oxygen atoms in total. The third-order valence-corrected chi connectivity index (χ3v) is 0.175. The summed E-state index contributed by atoms with van der Waals surface area (Å²) >= 11 is 0. The van der Waals surface area contributed by atoms with Gasteiger partial charge in [-0.25, -0.2) is 4.79 Å². The fourth-order valence-corrected chi connectivity index (χ4v) is 0. The van der Waals surface area contributed by atoms with Crippen LogP contribution in [0.4, 0.5) is 0 Å². The normalized spacial score (nSPS) is 6.12. The Balaban J connectivity index is -0.0000000118. The first-order valence-corrected chi connectivity index (χ1v) is 2.98. The number of carboxylic acids is 2. The smallest absolute Gasteiger partial charge is 0.693 e. The minimum absolute atomic E-state index is 0. The molecule has 0 heterocycles. The second-order valence-electron chi connectivity index (χ2n) is 0.989. The van der Waals surface area contributed by atoms with Gasteiger partial charge in [0, 0.05) is 0 Å². The maximum absolute atomic E-state index is 9.04. The van der Waals surface area contributed by atoms with E-state index in [2.05, 4.69) is 0 Å². The zero-order chi connectivity index (χ0) is 9.65. The average molecular weight is 329 g/mol. The summed E-state index contributed by atoms with van der Waals surface area (Å²) in [5.41, 5.74) is 0. The molecule has 15 heteroatoms. The Morgan fingerprint density at radius 3 is 0.941 bits per heavy atom. The Kier molecular flexibility index (Phi) is 79.7. The average Bonchev–Trinajstić information content (AvgIpc) is 1.59. The van der Waals surface area contributed by atoms with Crippen molar-refractivity contribution in [3.05, 3.63) is 30.8 Å². The molecule has 0 aromatic rings. The molecule has 0 aromatic heterocycles. The fraction of sp³-hybridized carbons (Fsp3) is 0. The number of carbonyl (C=O) groups is 2. The molecule has 0 bridgehead atoms. The van der Waals surface area contributed by atoms with Gasteiger partial charge in [-0.05, 0) is 0 Å². The Labute approximate surface area is 109 Å². The molecule has 0 aliphatic carbocycles. The van der Waals surface area contributed by atoms with E-state index in [9.17, 15) is 0 Å². The van der Waals surface area contributed by atoms with E-state index in [4.69, 9.17) is 38.4 Å². The van der Waals surface area contributed by atoms with E-state index in [0.29, 0.717) is 0 Å². The first kappa shape index (κ1) is 55.2. The van der Waals surface area contributed by atoms with E-state index in [1.807, 2.05) is 0 Å². The maximum atomic E-state index is 9.04. The molecule has 12 N–H and O–H groups in total. The molecule has 0 rings (SSSR count). The molecule has 0 saturated heterocycles. The third kappa shape index (κ3) is 241. The van der Waals surface area contributed by atoms with Crippen molar-refractivity contribution >= 4 is 11.9 Å². The van der Waals surface area contributed by atoms with Crippen molar-refractivity contribution < 1.29 is 65.5 Å².